The van der Waals surface area contributed by atoms with E-state index in [1.807, 2.05) is 0 Å². The topological polar surface area (TPSA) is 84.5 Å². The molecule has 3 atom stereocenters. The normalized spacial score (nSPS) is 22.7. The van der Waals surface area contributed by atoms with Crippen molar-refractivity contribution in [3.63, 3.8) is 0 Å². The number of amides is 1. The van der Waals surface area contributed by atoms with Gasteiger partial charge in [-0.15, -0.1) is 0 Å². The van der Waals surface area contributed by atoms with Crippen LogP contribution in [0.15, 0.2) is 52.3 Å². The van der Waals surface area contributed by atoms with Gasteiger partial charge in [-0.05, 0) is 55.4 Å². The molecule has 1 amide bonds. The Kier molecular flexibility index (Phi) is 5.93. The van der Waals surface area contributed by atoms with Crippen LogP contribution in [0.2, 0.25) is 5.02 Å². The van der Waals surface area contributed by atoms with Crippen LogP contribution in [-0.2, 0) is 14.6 Å². The lowest BCUT2D eigenvalue weighted by molar-refractivity contribution is -0.120. The van der Waals surface area contributed by atoms with Crippen molar-refractivity contribution in [3.05, 3.63) is 47.5 Å². The van der Waals surface area contributed by atoms with Gasteiger partial charge in [0.15, 0.2) is 5.75 Å². The van der Waals surface area contributed by atoms with E-state index in [9.17, 15) is 13.2 Å². The largest absolute Gasteiger partial charge is 0.493 e. The van der Waals surface area contributed by atoms with Crippen LogP contribution in [0.5, 0.6) is 5.75 Å². The molecule has 6 nitrogen and oxygen atoms in total. The summed E-state index contributed by atoms with van der Waals surface area (Å²) in [5.41, 5.74) is 0.364. The van der Waals surface area contributed by atoms with Crippen molar-refractivity contribution in [1.29, 1.82) is 0 Å². The van der Waals surface area contributed by atoms with E-state index < -0.39 is 9.84 Å². The molecule has 2 aromatic rings. The molecule has 2 bridgehead atoms. The number of fused-ring (bicyclic) bond motifs is 2. The van der Waals surface area contributed by atoms with E-state index in [0.717, 1.165) is 12.3 Å². The number of carbonyl (C=O) groups excluding carboxylic acids is 1. The fraction of sp³-hybridized carbons (Fsp3) is 0.409. The molecule has 0 radical (unpaired) electrons. The number of nitrogens with one attached hydrogen (secondary N) is 2. The highest BCUT2D eigenvalue weighted by Crippen LogP contribution is 2.44. The fourth-order valence-corrected chi connectivity index (χ4v) is 6.46. The molecule has 0 aliphatic heterocycles. The van der Waals surface area contributed by atoms with E-state index in [-0.39, 0.29) is 39.1 Å². The molecule has 8 heteroatoms. The van der Waals surface area contributed by atoms with Crippen LogP contribution < -0.4 is 15.4 Å². The molecule has 0 aromatic heterocycles. The summed E-state index contributed by atoms with van der Waals surface area (Å²) in [5, 5.41) is 6.35. The zero-order valence-corrected chi connectivity index (χ0v) is 18.3. The standard InChI is InChI=1S/C22H25ClN2O4S/c1-29-22-19(24-13-21(26)25-18-10-14-7-8-15(18)9-14)11-16(23)12-20(22)30(27,28)17-5-3-2-4-6-17/h2-6,11-12,14-15,18,24H,7-10,13H2,1H3,(H,25,26). The summed E-state index contributed by atoms with van der Waals surface area (Å²) >= 11 is 6.21. The Balaban J connectivity index is 1.53. The summed E-state index contributed by atoms with van der Waals surface area (Å²) in [6.45, 7) is 0.00934. The maximum Gasteiger partial charge on any atom is 0.239 e. The molecule has 4 rings (SSSR count). The molecule has 2 aliphatic rings. The summed E-state index contributed by atoms with van der Waals surface area (Å²) in [4.78, 5) is 12.6. The van der Waals surface area contributed by atoms with Crippen LogP contribution >= 0.6 is 11.6 Å². The Morgan fingerprint density at radius 2 is 1.93 bits per heavy atom. The lowest BCUT2D eigenvalue weighted by atomic mass is 9.95. The molecule has 3 unspecified atom stereocenters. The number of sulfone groups is 1. The molecule has 0 spiro atoms. The lowest BCUT2D eigenvalue weighted by Crippen LogP contribution is -2.41. The van der Waals surface area contributed by atoms with E-state index in [1.54, 1.807) is 24.3 Å². The van der Waals surface area contributed by atoms with Gasteiger partial charge in [0.2, 0.25) is 15.7 Å². The molecule has 2 N–H and O–H groups in total. The van der Waals surface area contributed by atoms with Crippen LogP contribution in [0, 0.1) is 11.8 Å². The highest BCUT2D eigenvalue weighted by atomic mass is 35.5. The van der Waals surface area contributed by atoms with Crippen molar-refractivity contribution in [2.45, 2.75) is 41.5 Å². The van der Waals surface area contributed by atoms with Gasteiger partial charge in [0.05, 0.1) is 24.2 Å². The Bertz CT molecular complexity index is 1040. The molecule has 0 saturated heterocycles. The number of anilines is 1. The second-order valence-electron chi connectivity index (χ2n) is 8.00. The van der Waals surface area contributed by atoms with Crippen molar-refractivity contribution in [3.8, 4) is 5.75 Å². The monoisotopic (exact) mass is 448 g/mol. The molecule has 160 valence electrons. The van der Waals surface area contributed by atoms with Gasteiger partial charge in [-0.3, -0.25) is 4.79 Å². The summed E-state index contributed by atoms with van der Waals surface area (Å²) in [5.74, 6) is 1.34. The maximum absolute atomic E-state index is 13.1. The number of rotatable bonds is 7. The third-order valence-electron chi connectivity index (χ3n) is 6.09. The van der Waals surface area contributed by atoms with E-state index in [0.29, 0.717) is 11.6 Å². The van der Waals surface area contributed by atoms with Gasteiger partial charge in [-0.2, -0.15) is 0 Å². The van der Waals surface area contributed by atoms with Crippen molar-refractivity contribution in [1.82, 2.24) is 5.32 Å². The minimum absolute atomic E-state index is 0.00934. The third-order valence-corrected chi connectivity index (χ3v) is 8.08. The highest BCUT2D eigenvalue weighted by molar-refractivity contribution is 7.91. The van der Waals surface area contributed by atoms with Crippen LogP contribution in [0.4, 0.5) is 5.69 Å². The van der Waals surface area contributed by atoms with Crippen LogP contribution in [0.1, 0.15) is 25.7 Å². The van der Waals surface area contributed by atoms with Gasteiger partial charge in [-0.1, -0.05) is 36.2 Å². The van der Waals surface area contributed by atoms with E-state index in [2.05, 4.69) is 10.6 Å². The Morgan fingerprint density at radius 1 is 1.17 bits per heavy atom. The van der Waals surface area contributed by atoms with Gasteiger partial charge in [0.1, 0.15) is 4.90 Å². The molecule has 2 fully saturated rings. The molecule has 30 heavy (non-hydrogen) atoms. The second kappa shape index (κ2) is 8.47. The van der Waals surface area contributed by atoms with Gasteiger partial charge in [0.25, 0.3) is 0 Å². The average molecular weight is 449 g/mol. The fourth-order valence-electron chi connectivity index (χ4n) is 4.69. The van der Waals surface area contributed by atoms with E-state index in [4.69, 9.17) is 16.3 Å². The molecular weight excluding hydrogens is 424 g/mol. The summed E-state index contributed by atoms with van der Waals surface area (Å²) in [6.07, 6.45) is 4.72. The minimum Gasteiger partial charge on any atom is -0.493 e. The quantitative estimate of drug-likeness (QED) is 0.671. The number of hydrogen-bond donors (Lipinski definition) is 2. The first kappa shape index (κ1) is 21.0. The summed E-state index contributed by atoms with van der Waals surface area (Å²) < 4.78 is 31.6. The van der Waals surface area contributed by atoms with Gasteiger partial charge >= 0.3 is 0 Å². The van der Waals surface area contributed by atoms with Crippen molar-refractivity contribution in [2.24, 2.45) is 11.8 Å². The van der Waals surface area contributed by atoms with E-state index >= 15 is 0 Å². The number of ether oxygens (including phenoxy) is 1. The van der Waals surface area contributed by atoms with Crippen molar-refractivity contribution >= 4 is 33.0 Å². The third kappa shape index (κ3) is 4.14. The first-order chi connectivity index (χ1) is 14.4. The number of carbonyl (C=O) groups is 1. The Morgan fingerprint density at radius 3 is 2.57 bits per heavy atom. The summed E-state index contributed by atoms with van der Waals surface area (Å²) in [7, 11) is -2.44. The number of benzene rings is 2. The van der Waals surface area contributed by atoms with Crippen LogP contribution in [-0.4, -0.2) is 34.0 Å². The predicted molar refractivity (Wildman–Crippen MR) is 116 cm³/mol. The predicted octanol–water partition coefficient (Wildman–Crippen LogP) is 3.90. The SMILES string of the molecule is COc1c(NCC(=O)NC2CC3CCC2C3)cc(Cl)cc1S(=O)(=O)c1ccccc1. The molecule has 2 saturated carbocycles. The van der Waals surface area contributed by atoms with Gasteiger partial charge < -0.3 is 15.4 Å². The van der Waals surface area contributed by atoms with Crippen molar-refractivity contribution in [2.75, 3.05) is 19.0 Å². The zero-order chi connectivity index (χ0) is 21.3. The lowest BCUT2D eigenvalue weighted by Gasteiger charge is -2.23. The van der Waals surface area contributed by atoms with E-state index in [1.165, 1.54) is 44.6 Å². The second-order valence-corrected chi connectivity index (χ2v) is 10.4. The Hall–Kier alpha value is -2.25. The highest BCUT2D eigenvalue weighted by Gasteiger charge is 2.40. The molecule has 0 heterocycles. The van der Waals surface area contributed by atoms with Crippen molar-refractivity contribution < 1.29 is 17.9 Å². The summed E-state index contributed by atoms with van der Waals surface area (Å²) in [6, 6.07) is 11.3. The first-order valence-electron chi connectivity index (χ1n) is 10.1. The number of halogens is 1. The average Bonchev–Trinajstić information content (AvgIpc) is 3.35. The molecular formula is C22H25ClN2O4S. The maximum atomic E-state index is 13.1. The zero-order valence-electron chi connectivity index (χ0n) is 16.7. The number of hydrogen-bond acceptors (Lipinski definition) is 5. The van der Waals surface area contributed by atoms with Gasteiger partial charge in [-0.25, -0.2) is 8.42 Å². The molecule has 2 aromatic carbocycles. The van der Waals surface area contributed by atoms with Gasteiger partial charge in [0, 0.05) is 11.1 Å². The Labute approximate surface area is 181 Å². The van der Waals surface area contributed by atoms with Crippen LogP contribution in [0.25, 0.3) is 0 Å². The smallest absolute Gasteiger partial charge is 0.239 e. The first-order valence-corrected chi connectivity index (χ1v) is 12.0. The van der Waals surface area contributed by atoms with Crippen LogP contribution in [0.3, 0.4) is 0 Å². The molecule has 2 aliphatic carbocycles. The minimum atomic E-state index is -3.84. The number of methoxy groups -OCH3 is 1.